The Morgan fingerprint density at radius 3 is 2.00 bits per heavy atom. The van der Waals surface area contributed by atoms with Crippen LogP contribution in [0.5, 0.6) is 0 Å². The van der Waals surface area contributed by atoms with Crippen LogP contribution in [0.2, 0.25) is 0 Å². The van der Waals surface area contributed by atoms with Crippen molar-refractivity contribution in [1.29, 1.82) is 0 Å². The van der Waals surface area contributed by atoms with E-state index in [4.69, 9.17) is 0 Å². The molecule has 0 spiro atoms. The third-order valence-electron chi connectivity index (χ3n) is 4.00. The molecular weight excluding hydrogens is 156 g/mol. The van der Waals surface area contributed by atoms with E-state index in [1.807, 2.05) is 0 Å². The van der Waals surface area contributed by atoms with Crippen LogP contribution < -0.4 is 0 Å². The highest BCUT2D eigenvalue weighted by Crippen LogP contribution is 2.52. The summed E-state index contributed by atoms with van der Waals surface area (Å²) in [5, 5.41) is 0. The fourth-order valence-corrected chi connectivity index (χ4v) is 2.93. The second kappa shape index (κ2) is 3.48. The minimum absolute atomic E-state index is 0.436. The van der Waals surface area contributed by atoms with E-state index >= 15 is 0 Å². The van der Waals surface area contributed by atoms with Gasteiger partial charge in [0.25, 0.3) is 0 Å². The van der Waals surface area contributed by atoms with Gasteiger partial charge in [0.2, 0.25) is 0 Å². The summed E-state index contributed by atoms with van der Waals surface area (Å²) in [5.74, 6) is 0.789. The molecule has 0 radical (unpaired) electrons. The zero-order chi connectivity index (χ0) is 10.1. The molecule has 1 aliphatic rings. The molecule has 0 amide bonds. The Labute approximate surface area is 83.4 Å². The van der Waals surface area contributed by atoms with Crippen LogP contribution in [0.3, 0.4) is 0 Å². The van der Waals surface area contributed by atoms with Gasteiger partial charge in [0.15, 0.2) is 0 Å². The summed E-state index contributed by atoms with van der Waals surface area (Å²) in [4.78, 5) is 0. The lowest BCUT2D eigenvalue weighted by Crippen LogP contribution is -2.41. The normalized spacial score (nSPS) is 29.7. The van der Waals surface area contributed by atoms with Gasteiger partial charge in [-0.15, -0.1) is 0 Å². The molecule has 76 valence electrons. The van der Waals surface area contributed by atoms with Crippen LogP contribution in [0.4, 0.5) is 0 Å². The molecule has 1 rings (SSSR count). The first-order valence-corrected chi connectivity index (χ1v) is 5.55. The lowest BCUT2D eigenvalue weighted by Gasteiger charge is -2.49. The first-order chi connectivity index (χ1) is 5.90. The van der Waals surface area contributed by atoms with E-state index in [9.17, 15) is 0 Å². The van der Waals surface area contributed by atoms with Crippen molar-refractivity contribution in [2.45, 2.75) is 53.9 Å². The summed E-state index contributed by atoms with van der Waals surface area (Å²) in [6.07, 6.45) is 8.63. The Balaban J connectivity index is 2.94. The fourth-order valence-electron chi connectivity index (χ4n) is 2.93. The molecule has 0 nitrogen and oxygen atoms in total. The van der Waals surface area contributed by atoms with Crippen LogP contribution in [0, 0.1) is 16.7 Å². The average molecular weight is 180 g/mol. The third-order valence-corrected chi connectivity index (χ3v) is 4.00. The average Bonchev–Trinajstić information content (AvgIpc) is 2.03. The molecule has 1 atom stereocenters. The van der Waals surface area contributed by atoms with E-state index in [1.54, 1.807) is 0 Å². The number of hydrogen-bond donors (Lipinski definition) is 0. The molecule has 0 saturated heterocycles. The summed E-state index contributed by atoms with van der Waals surface area (Å²) < 4.78 is 0. The minimum Gasteiger partial charge on any atom is -0.0885 e. The van der Waals surface area contributed by atoms with Crippen molar-refractivity contribution in [2.24, 2.45) is 16.7 Å². The maximum atomic E-state index is 2.40. The second-order valence-electron chi connectivity index (χ2n) is 5.78. The van der Waals surface area contributed by atoms with Crippen molar-refractivity contribution < 1.29 is 0 Å². The van der Waals surface area contributed by atoms with Crippen LogP contribution in [0.15, 0.2) is 12.2 Å². The predicted octanol–water partition coefficient (Wildman–Crippen LogP) is 4.42. The van der Waals surface area contributed by atoms with Gasteiger partial charge in [0.05, 0.1) is 0 Å². The molecule has 1 unspecified atom stereocenters. The monoisotopic (exact) mass is 180 g/mol. The Morgan fingerprint density at radius 2 is 1.77 bits per heavy atom. The van der Waals surface area contributed by atoms with Crippen LogP contribution in [0.1, 0.15) is 53.9 Å². The lowest BCUT2D eigenvalue weighted by atomic mass is 9.55. The van der Waals surface area contributed by atoms with Gasteiger partial charge in [-0.25, -0.2) is 0 Å². The highest BCUT2D eigenvalue weighted by atomic mass is 14.5. The molecule has 13 heavy (non-hydrogen) atoms. The molecule has 0 heteroatoms. The molecule has 0 saturated carbocycles. The maximum Gasteiger partial charge on any atom is -0.0188 e. The quantitative estimate of drug-likeness (QED) is 0.524. The van der Waals surface area contributed by atoms with Crippen LogP contribution in [-0.2, 0) is 0 Å². The van der Waals surface area contributed by atoms with E-state index in [1.165, 1.54) is 19.3 Å². The first kappa shape index (κ1) is 10.8. The SMILES string of the molecule is CC(C)C1(C(C)(C)C)CC=CCC1. The predicted molar refractivity (Wildman–Crippen MR) is 59.7 cm³/mol. The molecule has 0 N–H and O–H groups in total. The summed E-state index contributed by atoms with van der Waals surface area (Å²) in [7, 11) is 0. The molecule has 0 aromatic heterocycles. The molecule has 0 aromatic carbocycles. The van der Waals surface area contributed by atoms with E-state index in [-0.39, 0.29) is 0 Å². The minimum atomic E-state index is 0.436. The van der Waals surface area contributed by atoms with Gasteiger partial charge in [0.1, 0.15) is 0 Å². The largest absolute Gasteiger partial charge is 0.0885 e. The number of hydrogen-bond acceptors (Lipinski definition) is 0. The first-order valence-electron chi connectivity index (χ1n) is 5.55. The molecule has 0 fully saturated rings. The zero-order valence-corrected chi connectivity index (χ0v) is 9.85. The van der Waals surface area contributed by atoms with Gasteiger partial charge in [-0.3, -0.25) is 0 Å². The van der Waals surface area contributed by atoms with Gasteiger partial charge in [-0.2, -0.15) is 0 Å². The number of allylic oxidation sites excluding steroid dienone is 2. The molecule has 0 aromatic rings. The topological polar surface area (TPSA) is 0 Å². The Hall–Kier alpha value is -0.260. The van der Waals surface area contributed by atoms with Crippen LogP contribution in [0.25, 0.3) is 0 Å². The van der Waals surface area contributed by atoms with E-state index in [0.29, 0.717) is 10.8 Å². The van der Waals surface area contributed by atoms with Crippen molar-refractivity contribution in [3.05, 3.63) is 12.2 Å². The van der Waals surface area contributed by atoms with E-state index in [0.717, 1.165) is 5.92 Å². The Morgan fingerprint density at radius 1 is 1.15 bits per heavy atom. The molecule has 0 bridgehead atoms. The Kier molecular flexibility index (Phi) is 2.89. The van der Waals surface area contributed by atoms with Gasteiger partial charge in [-0.05, 0) is 36.0 Å². The Bertz CT molecular complexity index is 193. The lowest BCUT2D eigenvalue weighted by molar-refractivity contribution is 0.0203. The maximum absolute atomic E-state index is 2.40. The van der Waals surface area contributed by atoms with Gasteiger partial charge in [0, 0.05) is 0 Å². The summed E-state index contributed by atoms with van der Waals surface area (Å²) >= 11 is 0. The fraction of sp³-hybridized carbons (Fsp3) is 0.846. The van der Waals surface area contributed by atoms with Gasteiger partial charge < -0.3 is 0 Å². The number of rotatable bonds is 1. The van der Waals surface area contributed by atoms with Crippen molar-refractivity contribution in [2.75, 3.05) is 0 Å². The molecule has 1 aliphatic carbocycles. The third kappa shape index (κ3) is 1.82. The second-order valence-corrected chi connectivity index (χ2v) is 5.78. The standard InChI is InChI=1S/C13H24/c1-11(2)13(12(3,4)5)9-7-6-8-10-13/h6-7,11H,8-10H2,1-5H3. The molecule has 0 aliphatic heterocycles. The highest BCUT2D eigenvalue weighted by Gasteiger charge is 2.43. The summed E-state index contributed by atoms with van der Waals surface area (Å²) in [6, 6.07) is 0. The zero-order valence-electron chi connectivity index (χ0n) is 9.85. The van der Waals surface area contributed by atoms with Crippen LogP contribution >= 0.6 is 0 Å². The van der Waals surface area contributed by atoms with Gasteiger partial charge >= 0.3 is 0 Å². The van der Waals surface area contributed by atoms with Crippen molar-refractivity contribution in [1.82, 2.24) is 0 Å². The van der Waals surface area contributed by atoms with Gasteiger partial charge in [-0.1, -0.05) is 46.8 Å². The summed E-state index contributed by atoms with van der Waals surface area (Å²) in [6.45, 7) is 11.9. The molecular formula is C13H24. The van der Waals surface area contributed by atoms with E-state index < -0.39 is 0 Å². The van der Waals surface area contributed by atoms with Crippen molar-refractivity contribution in [3.63, 3.8) is 0 Å². The summed E-state index contributed by atoms with van der Waals surface area (Å²) in [5.41, 5.74) is 0.966. The van der Waals surface area contributed by atoms with Crippen molar-refractivity contribution in [3.8, 4) is 0 Å². The van der Waals surface area contributed by atoms with Crippen molar-refractivity contribution >= 4 is 0 Å². The highest BCUT2D eigenvalue weighted by molar-refractivity contribution is 5.03. The van der Waals surface area contributed by atoms with E-state index in [2.05, 4.69) is 46.8 Å². The molecule has 0 heterocycles. The smallest absolute Gasteiger partial charge is 0.0188 e. The van der Waals surface area contributed by atoms with Crippen LogP contribution in [-0.4, -0.2) is 0 Å².